The third-order valence-electron chi connectivity index (χ3n) is 3.52. The van der Waals surface area contributed by atoms with E-state index in [0.29, 0.717) is 18.8 Å². The molecule has 0 radical (unpaired) electrons. The van der Waals surface area contributed by atoms with E-state index in [1.807, 2.05) is 19.0 Å². The standard InChI is InChI=1S/C16H22N4O5S/c1-20(2)10-9-17-15(21)16-18-14(19-25-16)8-11-26(22,23)13-6-4-12(24-3)5-7-13/h4-7H,8-11H2,1-3H3,(H,17,21). The van der Waals surface area contributed by atoms with Crippen LogP contribution in [0.1, 0.15) is 16.5 Å². The van der Waals surface area contributed by atoms with Gasteiger partial charge >= 0.3 is 11.8 Å². The zero-order chi connectivity index (χ0) is 19.2. The number of amides is 1. The molecule has 1 aromatic heterocycles. The summed E-state index contributed by atoms with van der Waals surface area (Å²) in [5.41, 5.74) is 0. The molecule has 0 unspecified atom stereocenters. The monoisotopic (exact) mass is 382 g/mol. The first-order chi connectivity index (χ1) is 12.3. The summed E-state index contributed by atoms with van der Waals surface area (Å²) in [6.07, 6.45) is 0.0445. The Morgan fingerprint density at radius 3 is 2.58 bits per heavy atom. The van der Waals surface area contributed by atoms with E-state index < -0.39 is 15.7 Å². The molecule has 0 saturated carbocycles. The molecule has 0 spiro atoms. The number of aromatic nitrogens is 2. The molecule has 9 nitrogen and oxygen atoms in total. The molecule has 0 bridgehead atoms. The van der Waals surface area contributed by atoms with E-state index in [1.54, 1.807) is 12.1 Å². The summed E-state index contributed by atoms with van der Waals surface area (Å²) in [5, 5.41) is 6.31. The van der Waals surface area contributed by atoms with Crippen molar-refractivity contribution in [3.63, 3.8) is 0 Å². The van der Waals surface area contributed by atoms with Crippen LogP contribution in [0.15, 0.2) is 33.7 Å². The van der Waals surface area contributed by atoms with Crippen molar-refractivity contribution in [3.05, 3.63) is 36.0 Å². The van der Waals surface area contributed by atoms with Crippen molar-refractivity contribution in [2.75, 3.05) is 40.0 Å². The molecule has 10 heteroatoms. The predicted molar refractivity (Wildman–Crippen MR) is 93.9 cm³/mol. The zero-order valence-electron chi connectivity index (χ0n) is 14.9. The number of likely N-dealkylation sites (N-methyl/N-ethyl adjacent to an activating group) is 1. The van der Waals surface area contributed by atoms with Crippen molar-refractivity contribution in [1.29, 1.82) is 0 Å². The lowest BCUT2D eigenvalue weighted by Gasteiger charge is -2.08. The van der Waals surface area contributed by atoms with Crippen LogP contribution >= 0.6 is 0 Å². The number of rotatable bonds is 9. The van der Waals surface area contributed by atoms with Crippen molar-refractivity contribution in [2.24, 2.45) is 0 Å². The Balaban J connectivity index is 1.92. The molecule has 0 aliphatic rings. The molecule has 0 saturated heterocycles. The molecular weight excluding hydrogens is 360 g/mol. The number of carbonyl (C=O) groups excluding carboxylic acids is 1. The minimum atomic E-state index is -3.50. The Kier molecular flexibility index (Phi) is 6.70. The number of ether oxygens (including phenoxy) is 1. The highest BCUT2D eigenvalue weighted by Crippen LogP contribution is 2.17. The maximum atomic E-state index is 12.3. The van der Waals surface area contributed by atoms with Gasteiger partial charge < -0.3 is 19.5 Å². The van der Waals surface area contributed by atoms with Gasteiger partial charge in [-0.25, -0.2) is 8.42 Å². The van der Waals surface area contributed by atoms with Gasteiger partial charge in [-0.1, -0.05) is 5.16 Å². The van der Waals surface area contributed by atoms with E-state index in [2.05, 4.69) is 15.5 Å². The van der Waals surface area contributed by atoms with Gasteiger partial charge in [-0.3, -0.25) is 4.79 Å². The highest BCUT2D eigenvalue weighted by molar-refractivity contribution is 7.91. The summed E-state index contributed by atoms with van der Waals surface area (Å²) in [4.78, 5) is 17.9. The number of aryl methyl sites for hydroxylation is 1. The van der Waals surface area contributed by atoms with E-state index >= 15 is 0 Å². The van der Waals surface area contributed by atoms with Crippen LogP contribution in [-0.2, 0) is 16.3 Å². The lowest BCUT2D eigenvalue weighted by molar-refractivity contribution is 0.0907. The molecule has 0 aliphatic heterocycles. The number of benzene rings is 1. The number of sulfone groups is 1. The fraction of sp³-hybridized carbons (Fsp3) is 0.438. The van der Waals surface area contributed by atoms with Gasteiger partial charge in [0.2, 0.25) is 0 Å². The fourth-order valence-corrected chi connectivity index (χ4v) is 3.28. The molecule has 2 rings (SSSR count). The first-order valence-electron chi connectivity index (χ1n) is 7.94. The Morgan fingerprint density at radius 1 is 1.27 bits per heavy atom. The van der Waals surface area contributed by atoms with E-state index in [4.69, 9.17) is 9.26 Å². The largest absolute Gasteiger partial charge is 0.497 e. The van der Waals surface area contributed by atoms with E-state index in [0.717, 1.165) is 0 Å². The van der Waals surface area contributed by atoms with E-state index in [9.17, 15) is 13.2 Å². The van der Waals surface area contributed by atoms with Gasteiger partial charge in [-0.15, -0.1) is 0 Å². The Hall–Kier alpha value is -2.46. The number of carbonyl (C=O) groups is 1. The molecule has 2 aromatic rings. The normalized spacial score (nSPS) is 11.5. The maximum absolute atomic E-state index is 12.3. The van der Waals surface area contributed by atoms with Crippen molar-refractivity contribution in [1.82, 2.24) is 20.4 Å². The smallest absolute Gasteiger partial charge is 0.315 e. The molecule has 1 heterocycles. The van der Waals surface area contributed by atoms with Crippen LogP contribution in [0, 0.1) is 0 Å². The second kappa shape index (κ2) is 8.77. The van der Waals surface area contributed by atoms with Crippen LogP contribution in [0.25, 0.3) is 0 Å². The molecule has 0 atom stereocenters. The number of nitrogens with one attached hydrogen (secondary N) is 1. The highest BCUT2D eigenvalue weighted by atomic mass is 32.2. The lowest BCUT2D eigenvalue weighted by atomic mass is 10.3. The molecule has 1 aromatic carbocycles. The SMILES string of the molecule is COc1ccc(S(=O)(=O)CCc2noc(C(=O)NCCN(C)C)n2)cc1. The average Bonchev–Trinajstić information content (AvgIpc) is 3.09. The van der Waals surface area contributed by atoms with Crippen LogP contribution < -0.4 is 10.1 Å². The van der Waals surface area contributed by atoms with Gasteiger partial charge in [0.1, 0.15) is 5.75 Å². The molecular formula is C16H22N4O5S. The molecule has 0 fully saturated rings. The predicted octanol–water partition coefficient (Wildman–Crippen LogP) is 0.386. The summed E-state index contributed by atoms with van der Waals surface area (Å²) in [5.74, 6) is -0.114. The highest BCUT2D eigenvalue weighted by Gasteiger charge is 2.19. The summed E-state index contributed by atoms with van der Waals surface area (Å²) < 4.78 is 34.6. The van der Waals surface area contributed by atoms with E-state index in [-0.39, 0.29) is 28.8 Å². The quantitative estimate of drug-likeness (QED) is 0.662. The van der Waals surface area contributed by atoms with Crippen LogP contribution in [0.2, 0.25) is 0 Å². The molecule has 0 aliphatic carbocycles. The minimum Gasteiger partial charge on any atom is -0.497 e. The molecule has 1 amide bonds. The van der Waals surface area contributed by atoms with Crippen LogP contribution in [-0.4, -0.2) is 69.4 Å². The summed E-state index contributed by atoms with van der Waals surface area (Å²) in [7, 11) is 1.78. The van der Waals surface area contributed by atoms with Crippen LogP contribution in [0.5, 0.6) is 5.75 Å². The van der Waals surface area contributed by atoms with Gasteiger partial charge in [0.05, 0.1) is 17.8 Å². The first-order valence-corrected chi connectivity index (χ1v) is 9.59. The number of methoxy groups -OCH3 is 1. The Labute approximate surface area is 152 Å². The summed E-state index contributed by atoms with van der Waals surface area (Å²) in [6.45, 7) is 1.11. The number of hydrogen-bond donors (Lipinski definition) is 1. The topological polar surface area (TPSA) is 115 Å². The first kappa shape index (κ1) is 19.9. The molecule has 26 heavy (non-hydrogen) atoms. The fourth-order valence-electron chi connectivity index (χ4n) is 2.04. The Morgan fingerprint density at radius 2 is 1.96 bits per heavy atom. The summed E-state index contributed by atoms with van der Waals surface area (Å²) >= 11 is 0. The van der Waals surface area contributed by atoms with Crippen molar-refractivity contribution < 1.29 is 22.5 Å². The zero-order valence-corrected chi connectivity index (χ0v) is 15.7. The average molecular weight is 382 g/mol. The second-order valence-corrected chi connectivity index (χ2v) is 7.93. The van der Waals surface area contributed by atoms with E-state index in [1.165, 1.54) is 19.2 Å². The molecule has 142 valence electrons. The van der Waals surface area contributed by atoms with Crippen molar-refractivity contribution >= 4 is 15.7 Å². The number of hydrogen-bond acceptors (Lipinski definition) is 8. The third-order valence-corrected chi connectivity index (χ3v) is 5.25. The second-order valence-electron chi connectivity index (χ2n) is 5.82. The van der Waals surface area contributed by atoms with Gasteiger partial charge in [-0.2, -0.15) is 4.98 Å². The van der Waals surface area contributed by atoms with Crippen LogP contribution in [0.3, 0.4) is 0 Å². The van der Waals surface area contributed by atoms with Gasteiger partial charge in [0.25, 0.3) is 0 Å². The summed E-state index contributed by atoms with van der Waals surface area (Å²) in [6, 6.07) is 6.12. The Bertz CT molecular complexity index is 831. The van der Waals surface area contributed by atoms with Gasteiger partial charge in [0.15, 0.2) is 15.7 Å². The number of nitrogens with zero attached hydrogens (tertiary/aromatic N) is 3. The van der Waals surface area contributed by atoms with Crippen LogP contribution in [0.4, 0.5) is 0 Å². The minimum absolute atomic E-state index is 0.0445. The van der Waals surface area contributed by atoms with Crippen molar-refractivity contribution in [2.45, 2.75) is 11.3 Å². The molecule has 1 N–H and O–H groups in total. The van der Waals surface area contributed by atoms with Gasteiger partial charge in [0, 0.05) is 19.5 Å². The maximum Gasteiger partial charge on any atom is 0.315 e. The third kappa shape index (κ3) is 5.53. The lowest BCUT2D eigenvalue weighted by Crippen LogP contribution is -2.31. The van der Waals surface area contributed by atoms with Gasteiger partial charge in [-0.05, 0) is 38.4 Å². The van der Waals surface area contributed by atoms with Crippen molar-refractivity contribution in [3.8, 4) is 5.75 Å².